The molecule has 1 heterocycles. The first-order chi connectivity index (χ1) is 9.26. The number of amides is 1. The fourth-order valence-corrected chi connectivity index (χ4v) is 3.63. The second-order valence-electron chi connectivity index (χ2n) is 5.50. The number of ether oxygens (including phenoxy) is 1. The van der Waals surface area contributed by atoms with Crippen molar-refractivity contribution >= 4 is 5.91 Å². The molecule has 0 bridgehead atoms. The van der Waals surface area contributed by atoms with Gasteiger partial charge in [0.05, 0.1) is 12.3 Å². The Morgan fingerprint density at radius 2 is 2.37 bits per heavy atom. The van der Waals surface area contributed by atoms with Gasteiger partial charge in [0.15, 0.2) is 5.69 Å². The fraction of sp³-hybridized carbons (Fsp3) is 0.769. The third-order valence-corrected chi connectivity index (χ3v) is 4.64. The molecule has 0 aromatic carbocycles. The van der Waals surface area contributed by atoms with Crippen molar-refractivity contribution in [3.8, 4) is 0 Å². The topological polar surface area (TPSA) is 79.9 Å². The van der Waals surface area contributed by atoms with Gasteiger partial charge in [-0.05, 0) is 26.2 Å². The lowest BCUT2D eigenvalue weighted by molar-refractivity contribution is -0.127. The molecule has 1 aromatic rings. The highest BCUT2D eigenvalue weighted by atomic mass is 16.5. The van der Waals surface area contributed by atoms with Crippen LogP contribution in [0.5, 0.6) is 0 Å². The largest absolute Gasteiger partial charge is 0.378 e. The van der Waals surface area contributed by atoms with E-state index in [1.54, 1.807) is 0 Å². The third-order valence-electron chi connectivity index (χ3n) is 4.64. The van der Waals surface area contributed by atoms with Gasteiger partial charge >= 0.3 is 0 Å². The highest BCUT2D eigenvalue weighted by molar-refractivity contribution is 5.92. The summed E-state index contributed by atoms with van der Waals surface area (Å²) in [6.07, 6.45) is 7.46. The van der Waals surface area contributed by atoms with E-state index in [1.807, 2.05) is 6.92 Å². The summed E-state index contributed by atoms with van der Waals surface area (Å²) in [5.41, 5.74) is 0.517. The van der Waals surface area contributed by atoms with Crippen molar-refractivity contribution in [1.82, 2.24) is 20.7 Å². The number of carbonyl (C=O) groups excluding carboxylic acids is 1. The lowest BCUT2D eigenvalue weighted by Crippen LogP contribution is -2.63. The predicted molar refractivity (Wildman–Crippen MR) is 68.6 cm³/mol. The van der Waals surface area contributed by atoms with Crippen LogP contribution in [0.4, 0.5) is 0 Å². The molecule has 0 unspecified atom stereocenters. The summed E-state index contributed by atoms with van der Waals surface area (Å²) in [4.78, 5) is 12.0. The third kappa shape index (κ3) is 2.04. The number of H-pyrrole nitrogens is 1. The minimum Gasteiger partial charge on any atom is -0.378 e. The first-order valence-electron chi connectivity index (χ1n) is 7.04. The summed E-state index contributed by atoms with van der Waals surface area (Å²) >= 11 is 0. The average molecular weight is 264 g/mol. The molecule has 2 aliphatic rings. The second kappa shape index (κ2) is 4.92. The summed E-state index contributed by atoms with van der Waals surface area (Å²) < 4.78 is 5.83. The number of nitrogens with zero attached hydrogens (tertiary/aromatic N) is 2. The van der Waals surface area contributed by atoms with E-state index in [-0.39, 0.29) is 17.4 Å². The van der Waals surface area contributed by atoms with Crippen LogP contribution in [0.3, 0.4) is 0 Å². The second-order valence-corrected chi connectivity index (χ2v) is 5.50. The number of hydrogen-bond acceptors (Lipinski definition) is 4. The van der Waals surface area contributed by atoms with Crippen molar-refractivity contribution in [2.24, 2.45) is 5.41 Å². The maximum absolute atomic E-state index is 12.0. The minimum atomic E-state index is -0.139. The standard InChI is InChI=1S/C13H20N4O2/c1-2-19-11-7-10(13(11)5-3-4-6-13)15-12(18)9-8-14-17-16-9/h8,10-11H,2-7H2,1H3,(H,15,18)(H,14,16,17)/t10-,11-/m0/s1. The van der Waals surface area contributed by atoms with E-state index in [0.717, 1.165) is 25.9 Å². The molecule has 1 amide bonds. The quantitative estimate of drug-likeness (QED) is 0.858. The van der Waals surface area contributed by atoms with Crippen molar-refractivity contribution in [3.63, 3.8) is 0 Å². The van der Waals surface area contributed by atoms with Crippen LogP contribution in [-0.2, 0) is 4.74 Å². The molecule has 6 heteroatoms. The molecule has 6 nitrogen and oxygen atoms in total. The van der Waals surface area contributed by atoms with Crippen molar-refractivity contribution < 1.29 is 9.53 Å². The number of aromatic amines is 1. The van der Waals surface area contributed by atoms with E-state index in [1.165, 1.54) is 19.0 Å². The molecule has 2 saturated carbocycles. The molecule has 2 atom stereocenters. The molecule has 2 N–H and O–H groups in total. The SMILES string of the molecule is CCO[C@H]1C[C@H](NC(=O)c2cn[nH]n2)C12CCCC2. The predicted octanol–water partition coefficient (Wildman–Crippen LogP) is 1.27. The lowest BCUT2D eigenvalue weighted by atomic mass is 9.60. The summed E-state index contributed by atoms with van der Waals surface area (Å²) in [7, 11) is 0. The molecule has 0 radical (unpaired) electrons. The van der Waals surface area contributed by atoms with Gasteiger partial charge in [-0.3, -0.25) is 4.79 Å². The van der Waals surface area contributed by atoms with Gasteiger partial charge < -0.3 is 10.1 Å². The van der Waals surface area contributed by atoms with E-state index < -0.39 is 0 Å². The molecule has 1 aromatic heterocycles. The summed E-state index contributed by atoms with van der Waals surface area (Å²) in [5, 5.41) is 13.0. The summed E-state index contributed by atoms with van der Waals surface area (Å²) in [5.74, 6) is -0.139. The molecule has 1 spiro atoms. The van der Waals surface area contributed by atoms with Crippen LogP contribution in [0.1, 0.15) is 49.5 Å². The molecule has 104 valence electrons. The van der Waals surface area contributed by atoms with E-state index >= 15 is 0 Å². The van der Waals surface area contributed by atoms with E-state index in [4.69, 9.17) is 4.74 Å². The van der Waals surface area contributed by atoms with E-state index in [0.29, 0.717) is 11.8 Å². The zero-order chi connectivity index (χ0) is 13.3. The minimum absolute atomic E-state index is 0.139. The fourth-order valence-electron chi connectivity index (χ4n) is 3.63. The molecular formula is C13H20N4O2. The Morgan fingerprint density at radius 3 is 3.00 bits per heavy atom. The molecule has 0 aliphatic heterocycles. The number of rotatable bonds is 4. The highest BCUT2D eigenvalue weighted by Crippen LogP contribution is 2.54. The van der Waals surface area contributed by atoms with Gasteiger partial charge in [0.25, 0.3) is 5.91 Å². The molecular weight excluding hydrogens is 244 g/mol. The Kier molecular flexibility index (Phi) is 3.26. The van der Waals surface area contributed by atoms with Gasteiger partial charge in [-0.15, -0.1) is 0 Å². The van der Waals surface area contributed by atoms with E-state index in [9.17, 15) is 4.79 Å². The maximum Gasteiger partial charge on any atom is 0.273 e. The van der Waals surface area contributed by atoms with Crippen molar-refractivity contribution in [2.45, 2.75) is 51.2 Å². The monoisotopic (exact) mass is 264 g/mol. The Bertz CT molecular complexity index is 440. The first-order valence-corrected chi connectivity index (χ1v) is 7.04. The Labute approximate surface area is 112 Å². The van der Waals surface area contributed by atoms with Crippen LogP contribution in [-0.4, -0.2) is 40.1 Å². The van der Waals surface area contributed by atoms with Gasteiger partial charge in [0, 0.05) is 18.1 Å². The Hall–Kier alpha value is -1.43. The number of hydrogen-bond donors (Lipinski definition) is 2. The Balaban J connectivity index is 1.67. The highest BCUT2D eigenvalue weighted by Gasteiger charge is 2.57. The summed E-state index contributed by atoms with van der Waals surface area (Å²) in [6.45, 7) is 2.78. The van der Waals surface area contributed by atoms with Gasteiger partial charge in [0.1, 0.15) is 0 Å². The molecule has 2 aliphatic carbocycles. The van der Waals surface area contributed by atoms with Crippen LogP contribution >= 0.6 is 0 Å². The van der Waals surface area contributed by atoms with Gasteiger partial charge in [-0.25, -0.2) is 0 Å². The molecule has 2 fully saturated rings. The number of nitrogens with one attached hydrogen (secondary N) is 2. The van der Waals surface area contributed by atoms with Crippen LogP contribution in [0, 0.1) is 5.41 Å². The van der Waals surface area contributed by atoms with Crippen LogP contribution in [0.25, 0.3) is 0 Å². The number of aromatic nitrogens is 3. The van der Waals surface area contributed by atoms with Gasteiger partial charge in [-0.1, -0.05) is 12.8 Å². The van der Waals surface area contributed by atoms with Crippen molar-refractivity contribution in [2.75, 3.05) is 6.61 Å². The van der Waals surface area contributed by atoms with Gasteiger partial charge in [0.2, 0.25) is 0 Å². The zero-order valence-electron chi connectivity index (χ0n) is 11.2. The van der Waals surface area contributed by atoms with Crippen LogP contribution in [0.2, 0.25) is 0 Å². The first kappa shape index (κ1) is 12.6. The summed E-state index contributed by atoms with van der Waals surface area (Å²) in [6, 6.07) is 0.218. The van der Waals surface area contributed by atoms with Crippen molar-refractivity contribution in [1.29, 1.82) is 0 Å². The zero-order valence-corrected chi connectivity index (χ0v) is 11.2. The average Bonchev–Trinajstić information content (AvgIpc) is 3.09. The van der Waals surface area contributed by atoms with Crippen LogP contribution in [0.15, 0.2) is 6.20 Å². The van der Waals surface area contributed by atoms with Crippen LogP contribution < -0.4 is 5.32 Å². The van der Waals surface area contributed by atoms with E-state index in [2.05, 4.69) is 20.7 Å². The Morgan fingerprint density at radius 1 is 1.58 bits per heavy atom. The lowest BCUT2D eigenvalue weighted by Gasteiger charge is -2.53. The van der Waals surface area contributed by atoms with Crippen molar-refractivity contribution in [3.05, 3.63) is 11.9 Å². The van der Waals surface area contributed by atoms with Gasteiger partial charge in [-0.2, -0.15) is 15.4 Å². The normalized spacial score (nSPS) is 28.3. The maximum atomic E-state index is 12.0. The molecule has 19 heavy (non-hydrogen) atoms. The molecule has 3 rings (SSSR count). The molecule has 0 saturated heterocycles. The smallest absolute Gasteiger partial charge is 0.273 e. The number of carbonyl (C=O) groups is 1.